The first-order chi connectivity index (χ1) is 12.6. The van der Waals surface area contributed by atoms with Gasteiger partial charge >= 0.3 is 0 Å². The van der Waals surface area contributed by atoms with Crippen LogP contribution in [0.1, 0.15) is 63.0 Å². The lowest BCUT2D eigenvalue weighted by molar-refractivity contribution is 0.101. The van der Waals surface area contributed by atoms with E-state index in [1.54, 1.807) is 0 Å². The Labute approximate surface area is 160 Å². The smallest absolute Gasteiger partial charge is 0.190 e. The fraction of sp³-hybridized carbons (Fsp3) is 0.320. The number of rotatable bonds is 1. The second-order valence-electron chi connectivity index (χ2n) is 9.46. The van der Waals surface area contributed by atoms with Crippen LogP contribution >= 0.6 is 0 Å². The van der Waals surface area contributed by atoms with Gasteiger partial charge in [-0.25, -0.2) is 0 Å². The van der Waals surface area contributed by atoms with Gasteiger partial charge in [0.25, 0.3) is 0 Å². The van der Waals surface area contributed by atoms with Gasteiger partial charge in [0.05, 0.1) is 0 Å². The van der Waals surface area contributed by atoms with Crippen molar-refractivity contribution in [2.24, 2.45) is 5.41 Å². The summed E-state index contributed by atoms with van der Waals surface area (Å²) in [7, 11) is 0. The third kappa shape index (κ3) is 2.75. The Morgan fingerprint density at radius 1 is 0.815 bits per heavy atom. The molecule has 3 aromatic rings. The summed E-state index contributed by atoms with van der Waals surface area (Å²) in [4.78, 5) is 13.2. The Morgan fingerprint density at radius 3 is 2.07 bits per heavy atom. The normalized spacial score (nSPS) is 14.6. The van der Waals surface area contributed by atoms with Crippen LogP contribution in [0.5, 0.6) is 0 Å². The van der Waals surface area contributed by atoms with Crippen molar-refractivity contribution in [3.05, 3.63) is 64.7 Å². The minimum absolute atomic E-state index is 0.0708. The molecular formula is C25H26O2. The quantitative estimate of drug-likeness (QED) is 0.468. The Bertz CT molecular complexity index is 1080. The van der Waals surface area contributed by atoms with Crippen molar-refractivity contribution in [1.29, 1.82) is 0 Å². The van der Waals surface area contributed by atoms with E-state index in [4.69, 9.17) is 4.42 Å². The maximum atomic E-state index is 13.2. The summed E-state index contributed by atoms with van der Waals surface area (Å²) in [5, 5.41) is 0.958. The first-order valence-corrected chi connectivity index (χ1v) is 9.51. The van der Waals surface area contributed by atoms with E-state index in [0.29, 0.717) is 0 Å². The highest BCUT2D eigenvalue weighted by Crippen LogP contribution is 2.46. The van der Waals surface area contributed by atoms with Crippen LogP contribution in [0.15, 0.2) is 52.5 Å². The largest absolute Gasteiger partial charge is 0.455 e. The molecule has 1 aliphatic carbocycles. The molecule has 0 N–H and O–H groups in total. The molecule has 0 atom stereocenters. The highest BCUT2D eigenvalue weighted by atomic mass is 16.3. The molecule has 2 heteroatoms. The molecule has 0 bridgehead atoms. The zero-order valence-corrected chi connectivity index (χ0v) is 16.9. The van der Waals surface area contributed by atoms with Crippen LogP contribution in [-0.4, -0.2) is 5.78 Å². The molecule has 2 nitrogen and oxygen atoms in total. The zero-order valence-electron chi connectivity index (χ0n) is 16.9. The number of carbonyl (C=O) groups is 1. The molecule has 2 aromatic carbocycles. The van der Waals surface area contributed by atoms with Crippen LogP contribution in [0, 0.1) is 5.41 Å². The maximum absolute atomic E-state index is 13.2. The Kier molecular flexibility index (Phi) is 3.75. The van der Waals surface area contributed by atoms with Crippen LogP contribution in [0.2, 0.25) is 0 Å². The third-order valence-corrected chi connectivity index (χ3v) is 5.31. The summed E-state index contributed by atoms with van der Waals surface area (Å²) >= 11 is 0. The summed E-state index contributed by atoms with van der Waals surface area (Å²) < 4.78 is 6.47. The molecule has 0 saturated heterocycles. The second-order valence-corrected chi connectivity index (χ2v) is 9.46. The van der Waals surface area contributed by atoms with Crippen molar-refractivity contribution in [2.75, 3.05) is 0 Å². The number of carbonyl (C=O) groups excluding carboxylic acids is 1. The SMILES string of the molecule is CC(C)(C)C1=Cc2c(-c3ccccc3)oc3c(C(C)(C)C)ccc(c23)C1=O. The van der Waals surface area contributed by atoms with Crippen molar-refractivity contribution in [3.8, 4) is 11.3 Å². The molecule has 1 aliphatic rings. The number of hydrogen-bond donors (Lipinski definition) is 0. The Morgan fingerprint density at radius 2 is 1.48 bits per heavy atom. The molecule has 0 radical (unpaired) electrons. The molecule has 0 unspecified atom stereocenters. The monoisotopic (exact) mass is 358 g/mol. The fourth-order valence-corrected chi connectivity index (χ4v) is 3.86. The minimum atomic E-state index is -0.227. The van der Waals surface area contributed by atoms with Crippen LogP contribution in [-0.2, 0) is 5.41 Å². The number of ketones is 1. The van der Waals surface area contributed by atoms with E-state index in [2.05, 4.69) is 65.8 Å². The molecule has 138 valence electrons. The van der Waals surface area contributed by atoms with Crippen LogP contribution in [0.3, 0.4) is 0 Å². The van der Waals surface area contributed by atoms with E-state index >= 15 is 0 Å². The Balaban J connectivity index is 2.14. The highest BCUT2D eigenvalue weighted by molar-refractivity contribution is 6.24. The highest BCUT2D eigenvalue weighted by Gasteiger charge is 2.34. The molecule has 0 saturated carbocycles. The summed E-state index contributed by atoms with van der Waals surface area (Å²) in [6.07, 6.45) is 2.05. The van der Waals surface area contributed by atoms with Gasteiger partial charge in [0.2, 0.25) is 0 Å². The lowest BCUT2D eigenvalue weighted by Gasteiger charge is -2.26. The van der Waals surface area contributed by atoms with Gasteiger partial charge < -0.3 is 4.42 Å². The lowest BCUT2D eigenvalue weighted by Crippen LogP contribution is -2.21. The molecule has 0 amide bonds. The summed E-state index contributed by atoms with van der Waals surface area (Å²) in [6, 6.07) is 14.2. The van der Waals surface area contributed by atoms with Crippen LogP contribution in [0.25, 0.3) is 28.4 Å². The van der Waals surface area contributed by atoms with Crippen molar-refractivity contribution in [2.45, 2.75) is 47.0 Å². The minimum Gasteiger partial charge on any atom is -0.455 e. The van der Waals surface area contributed by atoms with Gasteiger partial charge in [-0.3, -0.25) is 4.79 Å². The van der Waals surface area contributed by atoms with E-state index in [0.717, 1.165) is 44.6 Å². The third-order valence-electron chi connectivity index (χ3n) is 5.31. The zero-order chi connectivity index (χ0) is 19.6. The molecule has 1 heterocycles. The van der Waals surface area contributed by atoms with E-state index < -0.39 is 0 Å². The number of allylic oxidation sites excluding steroid dienone is 1. The van der Waals surface area contributed by atoms with Crippen LogP contribution < -0.4 is 0 Å². The van der Waals surface area contributed by atoms with Crippen LogP contribution in [0.4, 0.5) is 0 Å². The lowest BCUT2D eigenvalue weighted by atomic mass is 9.76. The van der Waals surface area contributed by atoms with Gasteiger partial charge in [0.1, 0.15) is 11.3 Å². The molecular weight excluding hydrogens is 332 g/mol. The van der Waals surface area contributed by atoms with Crippen molar-refractivity contribution in [3.63, 3.8) is 0 Å². The van der Waals surface area contributed by atoms with Crippen molar-refractivity contribution in [1.82, 2.24) is 0 Å². The molecule has 27 heavy (non-hydrogen) atoms. The van der Waals surface area contributed by atoms with Gasteiger partial charge in [0, 0.05) is 33.2 Å². The predicted octanol–water partition coefficient (Wildman–Crippen LogP) is 7.02. The number of hydrogen-bond acceptors (Lipinski definition) is 2. The number of furan rings is 1. The molecule has 4 rings (SSSR count). The molecule has 1 aromatic heterocycles. The average molecular weight is 358 g/mol. The second kappa shape index (κ2) is 5.69. The van der Waals surface area contributed by atoms with E-state index in [1.807, 2.05) is 24.3 Å². The molecule has 0 aliphatic heterocycles. The standard InChI is InChI=1S/C25H26O2/c1-24(2,3)18-13-12-16-20-17(14-19(21(16)26)25(4,5)6)22(27-23(18)20)15-10-8-7-9-11-15/h7-14H,1-6H3. The van der Waals surface area contributed by atoms with Gasteiger partial charge in [-0.1, -0.05) is 77.9 Å². The van der Waals surface area contributed by atoms with Crippen molar-refractivity contribution < 1.29 is 9.21 Å². The van der Waals surface area contributed by atoms with E-state index in [9.17, 15) is 4.79 Å². The van der Waals surface area contributed by atoms with Gasteiger partial charge in [0.15, 0.2) is 5.78 Å². The summed E-state index contributed by atoms with van der Waals surface area (Å²) in [6.45, 7) is 12.8. The van der Waals surface area contributed by atoms with Gasteiger partial charge in [-0.2, -0.15) is 0 Å². The number of benzene rings is 2. The van der Waals surface area contributed by atoms with E-state index in [-0.39, 0.29) is 16.6 Å². The molecule has 0 spiro atoms. The van der Waals surface area contributed by atoms with Gasteiger partial charge in [-0.15, -0.1) is 0 Å². The topological polar surface area (TPSA) is 30.2 Å². The summed E-state index contributed by atoms with van der Waals surface area (Å²) in [5.74, 6) is 0.957. The Hall–Kier alpha value is -2.61. The average Bonchev–Trinajstić information content (AvgIpc) is 2.96. The predicted molar refractivity (Wildman–Crippen MR) is 112 cm³/mol. The molecule has 0 fully saturated rings. The summed E-state index contributed by atoms with van der Waals surface area (Å²) in [5.41, 5.74) is 5.32. The van der Waals surface area contributed by atoms with Gasteiger partial charge in [-0.05, 0) is 23.0 Å². The first kappa shape index (κ1) is 17.8. The maximum Gasteiger partial charge on any atom is 0.190 e. The van der Waals surface area contributed by atoms with E-state index in [1.165, 1.54) is 0 Å². The van der Waals surface area contributed by atoms with Crippen molar-refractivity contribution >= 4 is 22.8 Å². The number of Topliss-reactive ketones (excluding diaryl/α,β-unsaturated/α-hetero) is 1. The first-order valence-electron chi connectivity index (χ1n) is 9.51. The fourth-order valence-electron chi connectivity index (χ4n) is 3.86.